The highest BCUT2D eigenvalue weighted by molar-refractivity contribution is 7.99. The highest BCUT2D eigenvalue weighted by Gasteiger charge is 2.11. The number of benzene rings is 1. The molecule has 0 saturated carbocycles. The van der Waals surface area contributed by atoms with Crippen LogP contribution in [0.3, 0.4) is 0 Å². The highest BCUT2D eigenvalue weighted by atomic mass is 32.2. The minimum atomic E-state index is 0.168. The highest BCUT2D eigenvalue weighted by Crippen LogP contribution is 2.13. The van der Waals surface area contributed by atoms with E-state index < -0.39 is 0 Å². The number of hydrogen-bond acceptors (Lipinski definition) is 4. The maximum absolute atomic E-state index is 8.65. The van der Waals surface area contributed by atoms with Gasteiger partial charge in [0.2, 0.25) is 0 Å². The van der Waals surface area contributed by atoms with E-state index in [1.54, 1.807) is 0 Å². The minimum Gasteiger partial charge on any atom is -0.409 e. The Bertz CT molecular complexity index is 402. The zero-order chi connectivity index (χ0) is 12.1. The average Bonchev–Trinajstić information content (AvgIpc) is 2.39. The van der Waals surface area contributed by atoms with Crippen LogP contribution in [0.2, 0.25) is 0 Å². The largest absolute Gasteiger partial charge is 0.409 e. The zero-order valence-electron chi connectivity index (χ0n) is 9.67. The SMILES string of the molecule is N/C(=N\O)c1cccc(CN2CCSCC2)c1. The number of thioether (sulfide) groups is 1. The molecule has 0 bridgehead atoms. The van der Waals surface area contributed by atoms with Crippen molar-refractivity contribution < 1.29 is 5.21 Å². The third-order valence-electron chi connectivity index (χ3n) is 2.84. The molecule has 1 fully saturated rings. The molecule has 1 heterocycles. The van der Waals surface area contributed by atoms with Gasteiger partial charge in [0.05, 0.1) is 0 Å². The first-order valence-corrected chi connectivity index (χ1v) is 6.82. The molecular weight excluding hydrogens is 234 g/mol. The summed E-state index contributed by atoms with van der Waals surface area (Å²) in [6.45, 7) is 3.21. The summed E-state index contributed by atoms with van der Waals surface area (Å²) in [5.41, 5.74) is 7.56. The van der Waals surface area contributed by atoms with Crippen molar-refractivity contribution in [2.45, 2.75) is 6.54 Å². The second-order valence-electron chi connectivity index (χ2n) is 4.07. The fourth-order valence-electron chi connectivity index (χ4n) is 1.90. The van der Waals surface area contributed by atoms with Crippen LogP contribution in [0.25, 0.3) is 0 Å². The summed E-state index contributed by atoms with van der Waals surface area (Å²) in [5, 5.41) is 11.7. The van der Waals surface area contributed by atoms with Crippen molar-refractivity contribution in [3.8, 4) is 0 Å². The molecule has 3 N–H and O–H groups in total. The van der Waals surface area contributed by atoms with Crippen molar-refractivity contribution in [1.82, 2.24) is 4.90 Å². The summed E-state index contributed by atoms with van der Waals surface area (Å²) in [4.78, 5) is 2.43. The van der Waals surface area contributed by atoms with Gasteiger partial charge in [0.25, 0.3) is 0 Å². The molecular formula is C12H17N3OS. The van der Waals surface area contributed by atoms with Crippen LogP contribution < -0.4 is 5.73 Å². The van der Waals surface area contributed by atoms with Gasteiger partial charge in [-0.3, -0.25) is 4.90 Å². The minimum absolute atomic E-state index is 0.168. The van der Waals surface area contributed by atoms with Gasteiger partial charge >= 0.3 is 0 Å². The van der Waals surface area contributed by atoms with Crippen molar-refractivity contribution in [2.24, 2.45) is 10.9 Å². The Balaban J connectivity index is 2.05. The van der Waals surface area contributed by atoms with Gasteiger partial charge in [-0.25, -0.2) is 0 Å². The number of nitrogens with two attached hydrogens (primary N) is 1. The van der Waals surface area contributed by atoms with Crippen LogP contribution in [0, 0.1) is 0 Å². The number of amidine groups is 1. The second kappa shape index (κ2) is 5.93. The van der Waals surface area contributed by atoms with E-state index in [9.17, 15) is 0 Å². The summed E-state index contributed by atoms with van der Waals surface area (Å²) >= 11 is 2.01. The first kappa shape index (κ1) is 12.3. The molecule has 92 valence electrons. The number of oxime groups is 1. The van der Waals surface area contributed by atoms with E-state index in [1.807, 2.05) is 30.0 Å². The van der Waals surface area contributed by atoms with Gasteiger partial charge in [-0.05, 0) is 11.6 Å². The van der Waals surface area contributed by atoms with E-state index in [0.29, 0.717) is 0 Å². The van der Waals surface area contributed by atoms with Gasteiger partial charge in [-0.2, -0.15) is 11.8 Å². The van der Waals surface area contributed by atoms with Crippen LogP contribution in [0.4, 0.5) is 0 Å². The fourth-order valence-corrected chi connectivity index (χ4v) is 2.88. The Morgan fingerprint density at radius 2 is 2.18 bits per heavy atom. The number of nitrogens with zero attached hydrogens (tertiary/aromatic N) is 2. The second-order valence-corrected chi connectivity index (χ2v) is 5.30. The van der Waals surface area contributed by atoms with Crippen LogP contribution in [0.15, 0.2) is 29.4 Å². The van der Waals surface area contributed by atoms with Gasteiger partial charge in [-0.15, -0.1) is 0 Å². The van der Waals surface area contributed by atoms with E-state index in [2.05, 4.69) is 16.1 Å². The number of hydrogen-bond donors (Lipinski definition) is 2. The average molecular weight is 251 g/mol. The zero-order valence-corrected chi connectivity index (χ0v) is 10.5. The molecule has 1 aromatic carbocycles. The summed E-state index contributed by atoms with van der Waals surface area (Å²) in [7, 11) is 0. The van der Waals surface area contributed by atoms with E-state index in [0.717, 1.165) is 25.2 Å². The molecule has 2 rings (SSSR count). The molecule has 1 aliphatic rings. The molecule has 0 aromatic heterocycles. The van der Waals surface area contributed by atoms with Crippen LogP contribution in [0.1, 0.15) is 11.1 Å². The van der Waals surface area contributed by atoms with Gasteiger partial charge < -0.3 is 10.9 Å². The van der Waals surface area contributed by atoms with Crippen molar-refractivity contribution in [1.29, 1.82) is 0 Å². The normalized spacial score (nSPS) is 18.2. The molecule has 0 unspecified atom stereocenters. The Kier molecular flexibility index (Phi) is 4.28. The van der Waals surface area contributed by atoms with E-state index in [-0.39, 0.29) is 5.84 Å². The van der Waals surface area contributed by atoms with Crippen LogP contribution in [-0.2, 0) is 6.54 Å². The van der Waals surface area contributed by atoms with Gasteiger partial charge in [0.15, 0.2) is 5.84 Å². The molecule has 1 aromatic rings. The predicted molar refractivity (Wildman–Crippen MR) is 71.6 cm³/mol. The summed E-state index contributed by atoms with van der Waals surface area (Å²) < 4.78 is 0. The van der Waals surface area contributed by atoms with Crippen molar-refractivity contribution in [3.63, 3.8) is 0 Å². The molecule has 5 heteroatoms. The van der Waals surface area contributed by atoms with Crippen molar-refractivity contribution in [2.75, 3.05) is 24.6 Å². The molecule has 1 saturated heterocycles. The molecule has 17 heavy (non-hydrogen) atoms. The molecule has 0 spiro atoms. The van der Waals surface area contributed by atoms with Crippen LogP contribution in [0.5, 0.6) is 0 Å². The smallest absolute Gasteiger partial charge is 0.170 e. The Morgan fingerprint density at radius 3 is 2.88 bits per heavy atom. The van der Waals surface area contributed by atoms with Gasteiger partial charge in [0.1, 0.15) is 0 Å². The first-order chi connectivity index (χ1) is 8.29. The van der Waals surface area contributed by atoms with Crippen LogP contribution in [-0.4, -0.2) is 40.5 Å². The summed E-state index contributed by atoms with van der Waals surface area (Å²) in [5.74, 6) is 2.58. The quantitative estimate of drug-likeness (QED) is 0.368. The lowest BCUT2D eigenvalue weighted by Gasteiger charge is -2.26. The lowest BCUT2D eigenvalue weighted by atomic mass is 10.1. The summed E-state index contributed by atoms with van der Waals surface area (Å²) in [6, 6.07) is 7.86. The third kappa shape index (κ3) is 3.38. The van der Waals surface area contributed by atoms with Gasteiger partial charge in [-0.1, -0.05) is 23.4 Å². The first-order valence-electron chi connectivity index (χ1n) is 5.66. The Morgan fingerprint density at radius 1 is 1.41 bits per heavy atom. The van der Waals surface area contributed by atoms with Crippen molar-refractivity contribution in [3.05, 3.63) is 35.4 Å². The molecule has 0 radical (unpaired) electrons. The third-order valence-corrected chi connectivity index (χ3v) is 3.78. The molecule has 0 amide bonds. The van der Waals surface area contributed by atoms with Crippen molar-refractivity contribution >= 4 is 17.6 Å². The maximum Gasteiger partial charge on any atom is 0.170 e. The molecule has 4 nitrogen and oxygen atoms in total. The van der Waals surface area contributed by atoms with E-state index >= 15 is 0 Å². The standard InChI is InChI=1S/C12H17N3OS/c13-12(14-16)11-3-1-2-10(8-11)9-15-4-6-17-7-5-15/h1-3,8,16H,4-7,9H2,(H2,13,14). The summed E-state index contributed by atoms with van der Waals surface area (Å²) in [6.07, 6.45) is 0. The predicted octanol–water partition coefficient (Wildman–Crippen LogP) is 1.33. The Labute approximate surface area is 105 Å². The molecule has 1 aliphatic heterocycles. The lowest BCUT2D eigenvalue weighted by molar-refractivity contribution is 0.294. The molecule has 0 atom stereocenters. The van der Waals surface area contributed by atoms with E-state index in [1.165, 1.54) is 17.1 Å². The Hall–Kier alpha value is -1.20. The molecule has 0 aliphatic carbocycles. The van der Waals surface area contributed by atoms with Gasteiger partial charge in [0, 0.05) is 36.7 Å². The topological polar surface area (TPSA) is 61.9 Å². The van der Waals surface area contributed by atoms with Crippen LogP contribution >= 0.6 is 11.8 Å². The van der Waals surface area contributed by atoms with E-state index in [4.69, 9.17) is 10.9 Å². The number of rotatable bonds is 3. The monoisotopic (exact) mass is 251 g/mol. The maximum atomic E-state index is 8.65. The lowest BCUT2D eigenvalue weighted by Crippen LogP contribution is -2.32. The fraction of sp³-hybridized carbons (Fsp3) is 0.417.